The van der Waals surface area contributed by atoms with Crippen LogP contribution >= 0.6 is 0 Å². The molecule has 0 aliphatic carbocycles. The molecule has 0 aromatic carbocycles. The summed E-state index contributed by atoms with van der Waals surface area (Å²) in [7, 11) is 0. The van der Waals surface area contributed by atoms with E-state index in [9.17, 15) is 9.59 Å². The maximum atomic E-state index is 12.0. The van der Waals surface area contributed by atoms with Crippen LogP contribution in [0.5, 0.6) is 0 Å². The van der Waals surface area contributed by atoms with Gasteiger partial charge >= 0.3 is 6.09 Å². The molecule has 18 heavy (non-hydrogen) atoms. The third-order valence-electron chi connectivity index (χ3n) is 3.25. The van der Waals surface area contributed by atoms with E-state index in [2.05, 4.69) is 0 Å². The molecule has 6 heteroatoms. The van der Waals surface area contributed by atoms with Crippen molar-refractivity contribution in [2.24, 2.45) is 11.5 Å². The van der Waals surface area contributed by atoms with Crippen LogP contribution in [0.1, 0.15) is 40.5 Å². The van der Waals surface area contributed by atoms with Gasteiger partial charge in [0.1, 0.15) is 5.60 Å². The molecule has 0 spiro atoms. The van der Waals surface area contributed by atoms with Crippen LogP contribution in [0.15, 0.2) is 0 Å². The first-order chi connectivity index (χ1) is 8.05. The molecule has 2 unspecified atom stereocenters. The zero-order valence-corrected chi connectivity index (χ0v) is 11.5. The number of nitrogens with zero attached hydrogens (tertiary/aromatic N) is 1. The fourth-order valence-electron chi connectivity index (χ4n) is 2.17. The largest absolute Gasteiger partial charge is 0.444 e. The van der Waals surface area contributed by atoms with E-state index in [1.165, 1.54) is 0 Å². The predicted octanol–water partition coefficient (Wildman–Crippen LogP) is 0.589. The molecular formula is C12H23N3O3. The molecule has 0 bridgehead atoms. The molecule has 1 saturated heterocycles. The van der Waals surface area contributed by atoms with Crippen LogP contribution in [-0.2, 0) is 9.53 Å². The second-order valence-electron chi connectivity index (χ2n) is 5.98. The van der Waals surface area contributed by atoms with Crippen LogP contribution in [0.3, 0.4) is 0 Å². The number of primary amides is 1. The quantitative estimate of drug-likeness (QED) is 0.756. The Hall–Kier alpha value is -1.30. The molecule has 1 heterocycles. The number of likely N-dealkylation sites (tertiary alicyclic amines) is 1. The molecule has 0 aromatic rings. The molecular weight excluding hydrogens is 234 g/mol. The summed E-state index contributed by atoms with van der Waals surface area (Å²) in [4.78, 5) is 24.6. The number of amides is 2. The minimum Gasteiger partial charge on any atom is -0.444 e. The number of hydrogen-bond acceptors (Lipinski definition) is 4. The summed E-state index contributed by atoms with van der Waals surface area (Å²) in [6, 6.07) is -0.264. The number of carbonyl (C=O) groups excluding carboxylic acids is 2. The Balaban J connectivity index is 2.72. The Morgan fingerprint density at radius 1 is 1.44 bits per heavy atom. The smallest absolute Gasteiger partial charge is 0.410 e. The molecule has 1 rings (SSSR count). The average Bonchev–Trinajstić information content (AvgIpc) is 2.39. The normalized spacial score (nSPS) is 28.3. The van der Waals surface area contributed by atoms with Gasteiger partial charge in [-0.1, -0.05) is 0 Å². The first-order valence-electron chi connectivity index (χ1n) is 6.12. The fourth-order valence-corrected chi connectivity index (χ4v) is 2.17. The Morgan fingerprint density at radius 3 is 2.44 bits per heavy atom. The van der Waals surface area contributed by atoms with Gasteiger partial charge in [-0.15, -0.1) is 0 Å². The van der Waals surface area contributed by atoms with Crippen molar-refractivity contribution in [2.45, 2.75) is 57.7 Å². The van der Waals surface area contributed by atoms with E-state index >= 15 is 0 Å². The van der Waals surface area contributed by atoms with Crippen molar-refractivity contribution in [1.82, 2.24) is 4.90 Å². The zero-order valence-electron chi connectivity index (χ0n) is 11.5. The summed E-state index contributed by atoms with van der Waals surface area (Å²) >= 11 is 0. The van der Waals surface area contributed by atoms with E-state index in [0.29, 0.717) is 13.0 Å². The van der Waals surface area contributed by atoms with E-state index in [0.717, 1.165) is 0 Å². The highest BCUT2D eigenvalue weighted by Gasteiger charge is 2.45. The Morgan fingerprint density at radius 2 is 2.00 bits per heavy atom. The van der Waals surface area contributed by atoms with E-state index in [-0.39, 0.29) is 12.5 Å². The maximum absolute atomic E-state index is 12.0. The van der Waals surface area contributed by atoms with Crippen molar-refractivity contribution < 1.29 is 14.3 Å². The molecule has 0 radical (unpaired) electrons. The lowest BCUT2D eigenvalue weighted by atomic mass is 9.88. The first kappa shape index (κ1) is 14.8. The monoisotopic (exact) mass is 257 g/mol. The van der Waals surface area contributed by atoms with Gasteiger partial charge in [0, 0.05) is 18.5 Å². The molecule has 6 nitrogen and oxygen atoms in total. The highest BCUT2D eigenvalue weighted by atomic mass is 16.6. The summed E-state index contributed by atoms with van der Waals surface area (Å²) < 4.78 is 5.31. The fraction of sp³-hybridized carbons (Fsp3) is 0.833. The number of carbonyl (C=O) groups is 2. The highest BCUT2D eigenvalue weighted by molar-refractivity contribution is 5.76. The van der Waals surface area contributed by atoms with Crippen LogP contribution in [-0.4, -0.2) is 40.6 Å². The summed E-state index contributed by atoms with van der Waals surface area (Å²) in [5.41, 5.74) is 10.0. The van der Waals surface area contributed by atoms with Crippen molar-refractivity contribution in [3.63, 3.8) is 0 Å². The van der Waals surface area contributed by atoms with Crippen LogP contribution in [0.25, 0.3) is 0 Å². The SMILES string of the molecule is CC1N(C(=O)OC(C)(C)C)CCC1(N)CC(N)=O. The molecule has 2 amide bonds. The van der Waals surface area contributed by atoms with E-state index in [4.69, 9.17) is 16.2 Å². The Bertz CT molecular complexity index is 351. The van der Waals surface area contributed by atoms with Crippen molar-refractivity contribution in [2.75, 3.05) is 6.54 Å². The van der Waals surface area contributed by atoms with Gasteiger partial charge in [-0.05, 0) is 34.1 Å². The lowest BCUT2D eigenvalue weighted by Gasteiger charge is -2.32. The third kappa shape index (κ3) is 3.35. The number of ether oxygens (including phenoxy) is 1. The molecule has 4 N–H and O–H groups in total. The number of hydrogen-bond donors (Lipinski definition) is 2. The molecule has 104 valence electrons. The van der Waals surface area contributed by atoms with Gasteiger partial charge in [-0.25, -0.2) is 4.79 Å². The lowest BCUT2D eigenvalue weighted by Crippen LogP contribution is -2.53. The van der Waals surface area contributed by atoms with E-state index in [1.807, 2.05) is 27.7 Å². The van der Waals surface area contributed by atoms with Crippen molar-refractivity contribution >= 4 is 12.0 Å². The number of nitrogens with two attached hydrogens (primary N) is 2. The molecule has 0 aromatic heterocycles. The Kier molecular flexibility index (Phi) is 3.90. The summed E-state index contributed by atoms with van der Waals surface area (Å²) in [6.45, 7) is 7.74. The van der Waals surface area contributed by atoms with Gasteiger partial charge in [0.15, 0.2) is 0 Å². The first-order valence-corrected chi connectivity index (χ1v) is 6.12. The molecule has 0 saturated carbocycles. The van der Waals surface area contributed by atoms with Crippen LogP contribution in [0.2, 0.25) is 0 Å². The summed E-state index contributed by atoms with van der Waals surface area (Å²) in [5.74, 6) is -0.449. The second-order valence-corrected chi connectivity index (χ2v) is 5.98. The van der Waals surface area contributed by atoms with Gasteiger partial charge in [0.25, 0.3) is 0 Å². The Labute approximate surface area is 108 Å². The van der Waals surface area contributed by atoms with E-state index < -0.39 is 23.1 Å². The molecule has 2 atom stereocenters. The minimum atomic E-state index is -0.747. The van der Waals surface area contributed by atoms with E-state index in [1.54, 1.807) is 4.90 Å². The third-order valence-corrected chi connectivity index (χ3v) is 3.25. The van der Waals surface area contributed by atoms with Crippen molar-refractivity contribution in [3.8, 4) is 0 Å². The molecule has 1 aliphatic heterocycles. The lowest BCUT2D eigenvalue weighted by molar-refractivity contribution is -0.119. The van der Waals surface area contributed by atoms with Gasteiger partial charge in [-0.2, -0.15) is 0 Å². The molecule has 1 fully saturated rings. The van der Waals surface area contributed by atoms with Crippen LogP contribution in [0, 0.1) is 0 Å². The van der Waals surface area contributed by atoms with Gasteiger partial charge in [0.05, 0.1) is 6.04 Å². The van der Waals surface area contributed by atoms with Gasteiger partial charge in [-0.3, -0.25) is 4.79 Å². The van der Waals surface area contributed by atoms with Crippen molar-refractivity contribution in [3.05, 3.63) is 0 Å². The second kappa shape index (κ2) is 4.76. The van der Waals surface area contributed by atoms with Crippen LogP contribution < -0.4 is 11.5 Å². The predicted molar refractivity (Wildman–Crippen MR) is 67.7 cm³/mol. The minimum absolute atomic E-state index is 0.0768. The zero-order chi connectivity index (χ0) is 14.1. The van der Waals surface area contributed by atoms with Crippen LogP contribution in [0.4, 0.5) is 4.79 Å². The highest BCUT2D eigenvalue weighted by Crippen LogP contribution is 2.30. The summed E-state index contributed by atoms with van der Waals surface area (Å²) in [6.07, 6.45) is 0.232. The average molecular weight is 257 g/mol. The molecule has 1 aliphatic rings. The maximum Gasteiger partial charge on any atom is 0.410 e. The van der Waals surface area contributed by atoms with Gasteiger partial charge < -0.3 is 21.1 Å². The standard InChI is InChI=1S/C12H23N3O3/c1-8-12(14,7-9(13)16)5-6-15(8)10(17)18-11(2,3)4/h8H,5-7,14H2,1-4H3,(H2,13,16). The topological polar surface area (TPSA) is 98.7 Å². The number of rotatable bonds is 2. The van der Waals surface area contributed by atoms with Crippen molar-refractivity contribution in [1.29, 1.82) is 0 Å². The van der Waals surface area contributed by atoms with Gasteiger partial charge in [0.2, 0.25) is 5.91 Å². The summed E-state index contributed by atoms with van der Waals surface area (Å²) in [5, 5.41) is 0.